The predicted octanol–water partition coefficient (Wildman–Crippen LogP) is 3.59. The highest BCUT2D eigenvalue weighted by Gasteiger charge is 2.21. The van der Waals surface area contributed by atoms with Gasteiger partial charge in [-0.05, 0) is 43.0 Å². The highest BCUT2D eigenvalue weighted by atomic mass is 16.5. The van der Waals surface area contributed by atoms with E-state index in [0.29, 0.717) is 0 Å². The van der Waals surface area contributed by atoms with Crippen molar-refractivity contribution in [2.24, 2.45) is 0 Å². The molecule has 2 aliphatic heterocycles. The second-order valence-electron chi connectivity index (χ2n) is 6.75. The molecule has 2 aliphatic rings. The molecular formula is C21H24N2O2. The highest BCUT2D eigenvalue weighted by Crippen LogP contribution is 2.39. The number of likely N-dealkylation sites (N-methyl/N-ethyl adjacent to an activating group) is 1. The zero-order valence-corrected chi connectivity index (χ0v) is 14.9. The van der Waals surface area contributed by atoms with Crippen LogP contribution in [0.1, 0.15) is 11.1 Å². The predicted molar refractivity (Wildman–Crippen MR) is 101 cm³/mol. The summed E-state index contributed by atoms with van der Waals surface area (Å²) in [6.45, 7) is 5.34. The maximum absolute atomic E-state index is 6.20. The lowest BCUT2D eigenvalue weighted by molar-refractivity contribution is 0.168. The first-order valence-corrected chi connectivity index (χ1v) is 8.80. The van der Waals surface area contributed by atoms with Gasteiger partial charge >= 0.3 is 0 Å². The van der Waals surface area contributed by atoms with E-state index in [-0.39, 0.29) is 0 Å². The number of para-hydroxylation sites is 1. The third-order valence-corrected chi connectivity index (χ3v) is 4.99. The van der Waals surface area contributed by atoms with Crippen LogP contribution in [0.25, 0.3) is 11.6 Å². The average Bonchev–Trinajstić information content (AvgIpc) is 2.79. The third-order valence-electron chi connectivity index (χ3n) is 4.99. The van der Waals surface area contributed by atoms with Gasteiger partial charge in [-0.25, -0.2) is 0 Å². The van der Waals surface area contributed by atoms with E-state index in [1.807, 2.05) is 24.3 Å². The lowest BCUT2D eigenvalue weighted by Gasteiger charge is -2.33. The van der Waals surface area contributed by atoms with Crippen LogP contribution < -0.4 is 9.47 Å². The van der Waals surface area contributed by atoms with E-state index < -0.39 is 0 Å². The van der Waals surface area contributed by atoms with Gasteiger partial charge in [0.2, 0.25) is 0 Å². The topological polar surface area (TPSA) is 24.9 Å². The van der Waals surface area contributed by atoms with Crippen molar-refractivity contribution >= 4 is 11.6 Å². The molecule has 0 saturated carbocycles. The van der Waals surface area contributed by atoms with Gasteiger partial charge in [-0.1, -0.05) is 18.2 Å². The first-order valence-electron chi connectivity index (χ1n) is 8.80. The second kappa shape index (κ2) is 6.90. The molecule has 0 spiro atoms. The van der Waals surface area contributed by atoms with Crippen molar-refractivity contribution in [3.63, 3.8) is 0 Å². The fourth-order valence-electron chi connectivity index (χ4n) is 3.43. The second-order valence-corrected chi connectivity index (χ2v) is 6.75. The Kier molecular flexibility index (Phi) is 4.47. The maximum Gasteiger partial charge on any atom is 0.135 e. The smallest absolute Gasteiger partial charge is 0.135 e. The fraction of sp³-hybridized carbons (Fsp3) is 0.333. The van der Waals surface area contributed by atoms with Crippen LogP contribution in [0.3, 0.4) is 0 Å². The van der Waals surface area contributed by atoms with Crippen LogP contribution in [0.5, 0.6) is 17.2 Å². The molecule has 2 heterocycles. The molecule has 0 bridgehead atoms. The van der Waals surface area contributed by atoms with Crippen LogP contribution in [0, 0.1) is 0 Å². The molecule has 2 aromatic rings. The van der Waals surface area contributed by atoms with Gasteiger partial charge in [0, 0.05) is 43.9 Å². The van der Waals surface area contributed by atoms with Gasteiger partial charge in [0.15, 0.2) is 0 Å². The standard InChI is InChI=1S/C21H24N2O2/c1-22-9-11-23(12-10-22)15-17-13-16-5-3-4-6-20(16)25-21-8-7-18(24-2)14-19(17)21/h3-8,13-14H,9-12,15H2,1-2H3. The highest BCUT2D eigenvalue weighted by molar-refractivity contribution is 5.88. The summed E-state index contributed by atoms with van der Waals surface area (Å²) in [5, 5.41) is 0. The van der Waals surface area contributed by atoms with Crippen molar-refractivity contribution in [1.82, 2.24) is 9.80 Å². The lowest BCUT2D eigenvalue weighted by atomic mass is 10.0. The van der Waals surface area contributed by atoms with Gasteiger partial charge in [0.05, 0.1) is 7.11 Å². The Labute approximate surface area is 149 Å². The molecule has 0 aromatic heterocycles. The van der Waals surface area contributed by atoms with Gasteiger partial charge in [0.1, 0.15) is 17.2 Å². The molecule has 4 heteroatoms. The molecule has 130 valence electrons. The van der Waals surface area contributed by atoms with Crippen molar-refractivity contribution in [2.45, 2.75) is 0 Å². The van der Waals surface area contributed by atoms with Crippen LogP contribution in [0.4, 0.5) is 0 Å². The molecule has 0 aliphatic carbocycles. The molecule has 0 unspecified atom stereocenters. The van der Waals surface area contributed by atoms with E-state index in [9.17, 15) is 0 Å². The Morgan fingerprint density at radius 1 is 1.00 bits per heavy atom. The summed E-state index contributed by atoms with van der Waals surface area (Å²) in [7, 11) is 3.89. The molecule has 4 rings (SSSR count). The number of ether oxygens (including phenoxy) is 2. The lowest BCUT2D eigenvalue weighted by Crippen LogP contribution is -2.44. The molecule has 2 aromatic carbocycles. The number of methoxy groups -OCH3 is 1. The summed E-state index contributed by atoms with van der Waals surface area (Å²) in [6, 6.07) is 14.3. The van der Waals surface area contributed by atoms with E-state index >= 15 is 0 Å². The van der Waals surface area contributed by atoms with Gasteiger partial charge in [0.25, 0.3) is 0 Å². The van der Waals surface area contributed by atoms with Crippen molar-refractivity contribution in [3.8, 4) is 17.2 Å². The number of nitrogens with zero attached hydrogens (tertiary/aromatic N) is 2. The Balaban J connectivity index is 1.73. The number of rotatable bonds is 3. The Hall–Kier alpha value is -2.30. The molecular weight excluding hydrogens is 312 g/mol. The Morgan fingerprint density at radius 3 is 2.60 bits per heavy atom. The number of benzene rings is 2. The first-order chi connectivity index (χ1) is 12.2. The Bertz CT molecular complexity index is 792. The van der Waals surface area contributed by atoms with Crippen molar-refractivity contribution < 1.29 is 9.47 Å². The van der Waals surface area contributed by atoms with Crippen LogP contribution in [0.2, 0.25) is 0 Å². The quantitative estimate of drug-likeness (QED) is 0.855. The van der Waals surface area contributed by atoms with Gasteiger partial charge in [-0.2, -0.15) is 0 Å². The molecule has 0 N–H and O–H groups in total. The van der Waals surface area contributed by atoms with Gasteiger partial charge in [-0.3, -0.25) is 4.90 Å². The van der Waals surface area contributed by atoms with E-state index in [1.165, 1.54) is 5.57 Å². The van der Waals surface area contributed by atoms with Crippen LogP contribution in [-0.2, 0) is 0 Å². The van der Waals surface area contributed by atoms with Crippen LogP contribution in [0.15, 0.2) is 42.5 Å². The Morgan fingerprint density at radius 2 is 1.80 bits per heavy atom. The molecule has 4 nitrogen and oxygen atoms in total. The van der Waals surface area contributed by atoms with Crippen LogP contribution in [-0.4, -0.2) is 56.7 Å². The summed E-state index contributed by atoms with van der Waals surface area (Å²) in [5.74, 6) is 2.66. The fourth-order valence-corrected chi connectivity index (χ4v) is 3.43. The minimum Gasteiger partial charge on any atom is -0.497 e. The number of piperazine rings is 1. The van der Waals surface area contributed by atoms with Crippen LogP contribution >= 0.6 is 0 Å². The van der Waals surface area contributed by atoms with Gasteiger partial charge in [-0.15, -0.1) is 0 Å². The minimum absolute atomic E-state index is 0.859. The number of hydrogen-bond acceptors (Lipinski definition) is 4. The molecule has 0 amide bonds. The molecule has 1 saturated heterocycles. The summed E-state index contributed by atoms with van der Waals surface area (Å²) in [5.41, 5.74) is 3.53. The normalized spacial score (nSPS) is 17.8. The van der Waals surface area contributed by atoms with Gasteiger partial charge < -0.3 is 14.4 Å². The number of fused-ring (bicyclic) bond motifs is 2. The van der Waals surface area contributed by atoms with E-state index in [4.69, 9.17) is 9.47 Å². The van der Waals surface area contributed by atoms with Crippen molar-refractivity contribution in [1.29, 1.82) is 0 Å². The zero-order chi connectivity index (χ0) is 17.2. The van der Waals surface area contributed by atoms with E-state index in [2.05, 4.69) is 41.1 Å². The largest absolute Gasteiger partial charge is 0.497 e. The molecule has 0 atom stereocenters. The zero-order valence-electron chi connectivity index (χ0n) is 14.9. The number of hydrogen-bond donors (Lipinski definition) is 0. The SMILES string of the molecule is COc1ccc2c(c1)C(CN1CCN(C)CC1)=Cc1ccccc1O2. The summed E-state index contributed by atoms with van der Waals surface area (Å²) >= 11 is 0. The maximum atomic E-state index is 6.20. The third kappa shape index (κ3) is 3.41. The minimum atomic E-state index is 0.859. The van der Waals surface area contributed by atoms with Crippen molar-refractivity contribution in [2.75, 3.05) is 46.9 Å². The monoisotopic (exact) mass is 336 g/mol. The van der Waals surface area contributed by atoms with E-state index in [1.54, 1.807) is 7.11 Å². The summed E-state index contributed by atoms with van der Waals surface area (Å²) in [6.07, 6.45) is 2.26. The molecule has 25 heavy (non-hydrogen) atoms. The molecule has 0 radical (unpaired) electrons. The summed E-state index contributed by atoms with van der Waals surface area (Å²) < 4.78 is 11.7. The average molecular weight is 336 g/mol. The summed E-state index contributed by atoms with van der Waals surface area (Å²) in [4.78, 5) is 4.90. The first kappa shape index (κ1) is 16.2. The van der Waals surface area contributed by atoms with E-state index in [0.717, 1.165) is 61.1 Å². The van der Waals surface area contributed by atoms with Crippen molar-refractivity contribution in [3.05, 3.63) is 53.6 Å². The molecule has 1 fully saturated rings.